The van der Waals surface area contributed by atoms with E-state index >= 15 is 0 Å². The van der Waals surface area contributed by atoms with Crippen molar-refractivity contribution >= 4 is 53.2 Å². The second-order valence-electron chi connectivity index (χ2n) is 7.41. The first-order chi connectivity index (χ1) is 13.6. The van der Waals surface area contributed by atoms with Crippen molar-refractivity contribution in [1.82, 2.24) is 0 Å². The molecule has 0 spiro atoms. The number of hydrogen-bond acceptors (Lipinski definition) is 0. The van der Waals surface area contributed by atoms with Crippen LogP contribution >= 0.6 is 24.8 Å². The second kappa shape index (κ2) is 18.7. The van der Waals surface area contributed by atoms with Gasteiger partial charge in [-0.3, -0.25) is 0 Å². The molecule has 0 nitrogen and oxygen atoms in total. The van der Waals surface area contributed by atoms with Crippen LogP contribution in [0.2, 0.25) is 0 Å². The molecule has 4 aromatic rings. The maximum atomic E-state index is 3.06. The van der Waals surface area contributed by atoms with Gasteiger partial charge in [0.1, 0.15) is 0 Å². The first-order valence-electron chi connectivity index (χ1n) is 10.2. The molecule has 4 heteroatoms. The topological polar surface area (TPSA) is 0 Å². The van der Waals surface area contributed by atoms with E-state index in [0.29, 0.717) is 0 Å². The van der Waals surface area contributed by atoms with Crippen LogP contribution in [0.4, 0.5) is 0 Å². The van der Waals surface area contributed by atoms with Crippen molar-refractivity contribution < 1.29 is 23.3 Å². The molecule has 0 saturated heterocycles. The fraction of sp³-hybridized carbons (Fsp3) is 0.286. The first kappa shape index (κ1) is 35.9. The van der Waals surface area contributed by atoms with Crippen LogP contribution in [-0.4, -0.2) is 6.88 Å². The average molecular weight is 565 g/mol. The number of rotatable bonds is 4. The van der Waals surface area contributed by atoms with Gasteiger partial charge in [-0.15, -0.1) is 93.9 Å². The van der Waals surface area contributed by atoms with E-state index in [1.807, 2.05) is 0 Å². The van der Waals surface area contributed by atoms with Gasteiger partial charge in [0, 0.05) is 0 Å². The van der Waals surface area contributed by atoms with Crippen LogP contribution in [0.3, 0.4) is 0 Å². The van der Waals surface area contributed by atoms with E-state index in [4.69, 9.17) is 0 Å². The summed E-state index contributed by atoms with van der Waals surface area (Å²) >= 11 is 1.36. The molecule has 32 heavy (non-hydrogen) atoms. The summed E-state index contributed by atoms with van der Waals surface area (Å²) in [6.07, 6.45) is 4.84. The molecule has 0 fully saturated rings. The van der Waals surface area contributed by atoms with Gasteiger partial charge in [0.15, 0.2) is 0 Å². The fourth-order valence-corrected chi connectivity index (χ4v) is 3.87. The van der Waals surface area contributed by atoms with Gasteiger partial charge in [-0.05, 0) is 12.8 Å². The Balaban J connectivity index is -0.000000437. The Morgan fingerprint density at radius 3 is 1.34 bits per heavy atom. The number of hydrogen-bond donors (Lipinski definition) is 0. The molecule has 0 amide bonds. The Labute approximate surface area is 226 Å². The van der Waals surface area contributed by atoms with Gasteiger partial charge in [-0.2, -0.15) is 12.1 Å². The number of fused-ring (bicyclic) bond motifs is 2. The van der Waals surface area contributed by atoms with Gasteiger partial charge in [-0.1, -0.05) is 63.8 Å². The molecule has 0 aromatic heterocycles. The van der Waals surface area contributed by atoms with E-state index in [1.165, 1.54) is 92.8 Å². The third-order valence-electron chi connectivity index (χ3n) is 5.01. The fourth-order valence-electron chi connectivity index (χ4n) is 3.87. The summed E-state index contributed by atoms with van der Waals surface area (Å²) in [4.78, 5) is 0. The van der Waals surface area contributed by atoms with Crippen molar-refractivity contribution in [3.63, 3.8) is 0 Å². The Bertz CT molecular complexity index is 935. The summed E-state index contributed by atoms with van der Waals surface area (Å²) in [5.74, 6) is 0. The molecule has 0 bridgehead atoms. The van der Waals surface area contributed by atoms with Crippen molar-refractivity contribution in [3.05, 3.63) is 97.8 Å². The zero-order valence-corrected chi connectivity index (χ0v) is 25.5. The number of aryl methyl sites for hydroxylation is 4. The molecule has 4 aromatic carbocycles. The molecule has 0 heterocycles. The van der Waals surface area contributed by atoms with Gasteiger partial charge in [0.25, 0.3) is 0 Å². The van der Waals surface area contributed by atoms with Crippen LogP contribution in [0.25, 0.3) is 21.5 Å². The standard InChI is InChI=1S/2C13H15.2CH3.2ClH.Si.Zr/c2*1-3-5-11-6-4-7-12-8-10(2)9-13(11)12;;;;;;/h2*4,6-9H,3,5H2,1-2H3;2*1H3;2*1H;;/q4*-1;;;;. The molecule has 4 rings (SSSR count). The van der Waals surface area contributed by atoms with Gasteiger partial charge in [-0.25, -0.2) is 0 Å². The Kier molecular flexibility index (Phi) is 21.0. The van der Waals surface area contributed by atoms with E-state index in [1.54, 1.807) is 0 Å². The molecule has 0 atom stereocenters. The molecule has 0 aliphatic heterocycles. The normalized spacial score (nSPS) is 8.97. The molecule has 0 saturated carbocycles. The summed E-state index contributed by atoms with van der Waals surface area (Å²) in [7, 11) is 0. The van der Waals surface area contributed by atoms with Gasteiger partial charge in [0.2, 0.25) is 0 Å². The van der Waals surface area contributed by atoms with Gasteiger partial charge in [0.05, 0.1) is 0 Å². The summed E-state index contributed by atoms with van der Waals surface area (Å²) in [5.41, 5.74) is 5.73. The Morgan fingerprint density at radius 1 is 0.688 bits per heavy atom. The van der Waals surface area contributed by atoms with Crippen molar-refractivity contribution in [1.29, 1.82) is 0 Å². The van der Waals surface area contributed by atoms with Crippen LogP contribution in [0.1, 0.15) is 48.9 Å². The van der Waals surface area contributed by atoms with Crippen molar-refractivity contribution in [2.45, 2.75) is 53.4 Å². The SMILES string of the molecule is CCCc1cccc2[cH-]c(C)cc12.CCCc1cccc2[cH-]c(C)cc12.Cl.Cl.[CH3-].[CH3-].[Si]=[Zr]. The van der Waals surface area contributed by atoms with Crippen LogP contribution in [0.15, 0.2) is 60.7 Å². The number of benzene rings is 2. The van der Waals surface area contributed by atoms with Crippen LogP contribution in [0, 0.1) is 28.7 Å². The summed E-state index contributed by atoms with van der Waals surface area (Å²) < 4.78 is 0. The third-order valence-corrected chi connectivity index (χ3v) is 5.01. The zero-order chi connectivity index (χ0) is 20.5. The molecule has 2 radical (unpaired) electrons. The maximum absolute atomic E-state index is 3.06. The van der Waals surface area contributed by atoms with Crippen LogP contribution < -0.4 is 0 Å². The minimum atomic E-state index is 0. The third kappa shape index (κ3) is 9.68. The van der Waals surface area contributed by atoms with Crippen molar-refractivity contribution in [2.24, 2.45) is 0 Å². The molecule has 0 aliphatic rings. The molecular formula is C28H38Cl2SiZr-4. The predicted molar refractivity (Wildman–Crippen MR) is 150 cm³/mol. The summed E-state index contributed by atoms with van der Waals surface area (Å²) in [6.45, 7) is 11.8. The van der Waals surface area contributed by atoms with E-state index in [0.717, 1.165) is 0 Å². The summed E-state index contributed by atoms with van der Waals surface area (Å²) in [6, 6.07) is 22.3. The zero-order valence-electron chi connectivity index (χ0n) is 20.4. The van der Waals surface area contributed by atoms with Crippen molar-refractivity contribution in [2.75, 3.05) is 0 Å². The van der Waals surface area contributed by atoms with E-state index < -0.39 is 0 Å². The Morgan fingerprint density at radius 2 is 1.03 bits per heavy atom. The van der Waals surface area contributed by atoms with E-state index in [-0.39, 0.29) is 39.7 Å². The van der Waals surface area contributed by atoms with Crippen LogP contribution in [0.5, 0.6) is 0 Å². The predicted octanol–water partition coefficient (Wildman–Crippen LogP) is 9.00. The molecule has 0 N–H and O–H groups in total. The minimum absolute atomic E-state index is 0. The monoisotopic (exact) mass is 562 g/mol. The molecule has 176 valence electrons. The van der Waals surface area contributed by atoms with Gasteiger partial charge < -0.3 is 14.9 Å². The Hall–Kier alpha value is -0.660. The van der Waals surface area contributed by atoms with E-state index in [9.17, 15) is 0 Å². The molecule has 0 unspecified atom stereocenters. The quantitative estimate of drug-likeness (QED) is 0.171. The first-order valence-corrected chi connectivity index (χ1v) is 14.4. The van der Waals surface area contributed by atoms with Crippen molar-refractivity contribution in [3.8, 4) is 0 Å². The summed E-state index contributed by atoms with van der Waals surface area (Å²) in [5, 5.41) is 5.68. The number of halogens is 2. The van der Waals surface area contributed by atoms with E-state index in [2.05, 4.69) is 95.2 Å². The average Bonchev–Trinajstić information content (AvgIpc) is 3.27. The molecular weight excluding hydrogens is 527 g/mol. The second-order valence-corrected chi connectivity index (χ2v) is 7.41. The van der Waals surface area contributed by atoms with Gasteiger partial charge >= 0.3 is 30.2 Å². The molecule has 0 aliphatic carbocycles. The van der Waals surface area contributed by atoms with Crippen LogP contribution in [-0.2, 0) is 36.2 Å².